The SMILES string of the molecule is Cc1cccc(CN2CCC(CC(C)C(N)=O)CC2)c1. The molecule has 0 aliphatic carbocycles. The van der Waals surface area contributed by atoms with Crippen LogP contribution in [0.2, 0.25) is 0 Å². The summed E-state index contributed by atoms with van der Waals surface area (Å²) in [5.41, 5.74) is 8.07. The molecule has 0 spiro atoms. The van der Waals surface area contributed by atoms with Crippen LogP contribution in [-0.2, 0) is 11.3 Å². The van der Waals surface area contributed by atoms with Crippen molar-refractivity contribution >= 4 is 5.91 Å². The van der Waals surface area contributed by atoms with Gasteiger partial charge in [-0.05, 0) is 50.8 Å². The second kappa shape index (κ2) is 6.89. The smallest absolute Gasteiger partial charge is 0.220 e. The lowest BCUT2D eigenvalue weighted by Crippen LogP contribution is -2.34. The summed E-state index contributed by atoms with van der Waals surface area (Å²) >= 11 is 0. The van der Waals surface area contributed by atoms with Gasteiger partial charge in [0.2, 0.25) is 5.91 Å². The monoisotopic (exact) mass is 274 g/mol. The average Bonchev–Trinajstić information content (AvgIpc) is 2.41. The fourth-order valence-electron chi connectivity index (χ4n) is 3.07. The van der Waals surface area contributed by atoms with Gasteiger partial charge in [-0.25, -0.2) is 0 Å². The van der Waals surface area contributed by atoms with E-state index in [2.05, 4.69) is 36.1 Å². The summed E-state index contributed by atoms with van der Waals surface area (Å²) in [6.07, 6.45) is 3.32. The zero-order valence-corrected chi connectivity index (χ0v) is 12.6. The molecule has 1 saturated heterocycles. The largest absolute Gasteiger partial charge is 0.369 e. The molecule has 1 aliphatic heterocycles. The summed E-state index contributed by atoms with van der Waals surface area (Å²) < 4.78 is 0. The Labute approximate surface area is 122 Å². The van der Waals surface area contributed by atoms with Gasteiger partial charge in [0.1, 0.15) is 0 Å². The first-order valence-electron chi connectivity index (χ1n) is 7.62. The van der Waals surface area contributed by atoms with E-state index in [1.54, 1.807) is 0 Å². The molecule has 0 saturated carbocycles. The molecule has 20 heavy (non-hydrogen) atoms. The van der Waals surface area contributed by atoms with E-state index in [0.29, 0.717) is 5.92 Å². The van der Waals surface area contributed by atoms with E-state index in [9.17, 15) is 4.79 Å². The molecule has 3 heteroatoms. The lowest BCUT2D eigenvalue weighted by Gasteiger charge is -2.32. The molecule has 1 unspecified atom stereocenters. The van der Waals surface area contributed by atoms with Crippen LogP contribution in [0.25, 0.3) is 0 Å². The molecular formula is C17H26N2O. The summed E-state index contributed by atoms with van der Waals surface area (Å²) in [5.74, 6) is 0.516. The Kier molecular flexibility index (Phi) is 5.18. The molecule has 1 heterocycles. The average molecular weight is 274 g/mol. The van der Waals surface area contributed by atoms with Crippen LogP contribution in [-0.4, -0.2) is 23.9 Å². The van der Waals surface area contributed by atoms with E-state index in [1.807, 2.05) is 6.92 Å². The van der Waals surface area contributed by atoms with Crippen molar-refractivity contribution in [3.8, 4) is 0 Å². The number of benzene rings is 1. The van der Waals surface area contributed by atoms with Crippen molar-refractivity contribution in [2.75, 3.05) is 13.1 Å². The van der Waals surface area contributed by atoms with Crippen LogP contribution in [0, 0.1) is 18.8 Å². The number of carbonyl (C=O) groups is 1. The molecule has 0 radical (unpaired) electrons. The van der Waals surface area contributed by atoms with E-state index in [1.165, 1.54) is 24.0 Å². The van der Waals surface area contributed by atoms with Gasteiger partial charge < -0.3 is 5.73 Å². The molecule has 1 aromatic carbocycles. The zero-order chi connectivity index (χ0) is 14.5. The number of hydrogen-bond donors (Lipinski definition) is 1. The molecule has 2 N–H and O–H groups in total. The minimum atomic E-state index is -0.160. The molecule has 1 fully saturated rings. The third kappa shape index (κ3) is 4.34. The van der Waals surface area contributed by atoms with Gasteiger partial charge in [-0.3, -0.25) is 9.69 Å². The summed E-state index contributed by atoms with van der Waals surface area (Å²) in [7, 11) is 0. The van der Waals surface area contributed by atoms with Crippen LogP contribution in [0.5, 0.6) is 0 Å². The van der Waals surface area contributed by atoms with E-state index < -0.39 is 0 Å². The zero-order valence-electron chi connectivity index (χ0n) is 12.6. The highest BCUT2D eigenvalue weighted by atomic mass is 16.1. The standard InChI is InChI=1S/C17H26N2O/c1-13-4-3-5-16(10-13)12-19-8-6-15(7-9-19)11-14(2)17(18)20/h3-5,10,14-15H,6-9,11-12H2,1-2H3,(H2,18,20). The molecule has 1 aromatic rings. The fraction of sp³-hybridized carbons (Fsp3) is 0.588. The fourth-order valence-corrected chi connectivity index (χ4v) is 3.07. The maximum absolute atomic E-state index is 11.1. The van der Waals surface area contributed by atoms with Crippen molar-refractivity contribution in [3.63, 3.8) is 0 Å². The van der Waals surface area contributed by atoms with Gasteiger partial charge in [0.15, 0.2) is 0 Å². The highest BCUT2D eigenvalue weighted by molar-refractivity contribution is 5.76. The van der Waals surface area contributed by atoms with E-state index in [0.717, 1.165) is 26.1 Å². The van der Waals surface area contributed by atoms with Crippen LogP contribution in [0.1, 0.15) is 37.3 Å². The van der Waals surface area contributed by atoms with Crippen molar-refractivity contribution in [2.45, 2.75) is 39.7 Å². The first-order chi connectivity index (χ1) is 9.54. The Morgan fingerprint density at radius 2 is 2.10 bits per heavy atom. The molecule has 110 valence electrons. The van der Waals surface area contributed by atoms with Crippen molar-refractivity contribution < 1.29 is 4.79 Å². The summed E-state index contributed by atoms with van der Waals surface area (Å²) in [6, 6.07) is 8.74. The van der Waals surface area contributed by atoms with Crippen LogP contribution < -0.4 is 5.73 Å². The van der Waals surface area contributed by atoms with Gasteiger partial charge in [0.25, 0.3) is 0 Å². The molecule has 1 amide bonds. The van der Waals surface area contributed by atoms with Gasteiger partial charge >= 0.3 is 0 Å². The van der Waals surface area contributed by atoms with Crippen LogP contribution in [0.3, 0.4) is 0 Å². The maximum Gasteiger partial charge on any atom is 0.220 e. The predicted molar refractivity (Wildman–Crippen MR) is 82.2 cm³/mol. The Morgan fingerprint density at radius 3 is 2.70 bits per heavy atom. The Morgan fingerprint density at radius 1 is 1.40 bits per heavy atom. The van der Waals surface area contributed by atoms with E-state index in [-0.39, 0.29) is 11.8 Å². The van der Waals surface area contributed by atoms with Gasteiger partial charge in [0.05, 0.1) is 0 Å². The van der Waals surface area contributed by atoms with Crippen molar-refractivity contribution in [1.82, 2.24) is 4.90 Å². The number of rotatable bonds is 5. The van der Waals surface area contributed by atoms with Gasteiger partial charge in [-0.2, -0.15) is 0 Å². The van der Waals surface area contributed by atoms with Crippen LogP contribution >= 0.6 is 0 Å². The Hall–Kier alpha value is -1.35. The number of likely N-dealkylation sites (tertiary alicyclic amines) is 1. The molecule has 0 aromatic heterocycles. The number of aryl methyl sites for hydroxylation is 1. The lowest BCUT2D eigenvalue weighted by atomic mass is 9.87. The topological polar surface area (TPSA) is 46.3 Å². The number of amides is 1. The first-order valence-corrected chi connectivity index (χ1v) is 7.62. The van der Waals surface area contributed by atoms with Crippen molar-refractivity contribution in [3.05, 3.63) is 35.4 Å². The molecule has 1 atom stereocenters. The quantitative estimate of drug-likeness (QED) is 0.897. The minimum Gasteiger partial charge on any atom is -0.369 e. The third-order valence-electron chi connectivity index (χ3n) is 4.37. The highest BCUT2D eigenvalue weighted by Crippen LogP contribution is 2.25. The number of nitrogens with two attached hydrogens (primary N) is 1. The van der Waals surface area contributed by atoms with Crippen molar-refractivity contribution in [2.24, 2.45) is 17.6 Å². The molecule has 2 rings (SSSR count). The summed E-state index contributed by atoms with van der Waals surface area (Å²) in [6.45, 7) is 7.39. The minimum absolute atomic E-state index is 0.0170. The highest BCUT2D eigenvalue weighted by Gasteiger charge is 2.22. The van der Waals surface area contributed by atoms with Gasteiger partial charge in [-0.1, -0.05) is 36.8 Å². The summed E-state index contributed by atoms with van der Waals surface area (Å²) in [5, 5.41) is 0. The second-order valence-electron chi connectivity index (χ2n) is 6.25. The van der Waals surface area contributed by atoms with E-state index in [4.69, 9.17) is 5.73 Å². The number of carbonyl (C=O) groups excluding carboxylic acids is 1. The Bertz CT molecular complexity index is 450. The second-order valence-corrected chi connectivity index (χ2v) is 6.25. The molecular weight excluding hydrogens is 248 g/mol. The van der Waals surface area contributed by atoms with Gasteiger partial charge in [-0.15, -0.1) is 0 Å². The number of nitrogens with zero attached hydrogens (tertiary/aromatic N) is 1. The van der Waals surface area contributed by atoms with Crippen LogP contribution in [0.4, 0.5) is 0 Å². The van der Waals surface area contributed by atoms with E-state index >= 15 is 0 Å². The van der Waals surface area contributed by atoms with Crippen molar-refractivity contribution in [1.29, 1.82) is 0 Å². The molecule has 0 bridgehead atoms. The molecule has 1 aliphatic rings. The predicted octanol–water partition coefficient (Wildman–Crippen LogP) is 2.72. The number of hydrogen-bond acceptors (Lipinski definition) is 2. The van der Waals surface area contributed by atoms with Gasteiger partial charge in [0, 0.05) is 12.5 Å². The Balaban J connectivity index is 1.78. The maximum atomic E-state index is 11.1. The number of piperidine rings is 1. The number of primary amides is 1. The third-order valence-corrected chi connectivity index (χ3v) is 4.37. The molecule has 3 nitrogen and oxygen atoms in total. The normalized spacial score (nSPS) is 18.9. The van der Waals surface area contributed by atoms with Crippen LogP contribution in [0.15, 0.2) is 24.3 Å². The lowest BCUT2D eigenvalue weighted by molar-refractivity contribution is -0.121. The first kappa shape index (κ1) is 15.0. The summed E-state index contributed by atoms with van der Waals surface area (Å²) in [4.78, 5) is 13.6.